The van der Waals surface area contributed by atoms with E-state index in [0.29, 0.717) is 13.0 Å². The summed E-state index contributed by atoms with van der Waals surface area (Å²) in [4.78, 5) is 32.4. The molecule has 2 heterocycles. The summed E-state index contributed by atoms with van der Waals surface area (Å²) in [5.41, 5.74) is 2.15. The van der Waals surface area contributed by atoms with Crippen LogP contribution in [-0.2, 0) is 22.5 Å². The number of alkyl carbamates (subject to hydrolysis) is 1. The van der Waals surface area contributed by atoms with E-state index in [4.69, 9.17) is 4.74 Å². The molecule has 152 valence electrons. The molecule has 0 unspecified atom stereocenters. The third-order valence-electron chi connectivity index (χ3n) is 4.30. The quantitative estimate of drug-likeness (QED) is 0.598. The van der Waals surface area contributed by atoms with Gasteiger partial charge >= 0.3 is 6.09 Å². The van der Waals surface area contributed by atoms with Crippen LogP contribution in [0.1, 0.15) is 31.9 Å². The molecule has 3 aromatic rings. The van der Waals surface area contributed by atoms with Gasteiger partial charge in [-0.1, -0.05) is 24.3 Å². The molecule has 0 aliphatic heterocycles. The standard InChI is InChI=1S/C22H26N4O3/c1-22(2,3)29-21(28)26-19(20(27)25-13-15-7-6-10-23-12-15)11-16-14-24-18-9-5-4-8-17(16)18/h4-10,12,14,19,24H,11,13H2,1-3H3,(H,25,27)(H,26,28)/t19-/m0/s1. The second-order valence-electron chi connectivity index (χ2n) is 7.84. The summed E-state index contributed by atoms with van der Waals surface area (Å²) >= 11 is 0. The zero-order chi connectivity index (χ0) is 20.9. The summed E-state index contributed by atoms with van der Waals surface area (Å²) in [5, 5.41) is 6.60. The smallest absolute Gasteiger partial charge is 0.408 e. The predicted octanol–water partition coefficient (Wildman–Crippen LogP) is 3.32. The number of ether oxygens (including phenoxy) is 1. The van der Waals surface area contributed by atoms with Crippen molar-refractivity contribution in [3.05, 3.63) is 66.1 Å². The SMILES string of the molecule is CC(C)(C)OC(=O)N[C@@H](Cc1c[nH]c2ccccc12)C(=O)NCc1cccnc1. The molecule has 0 aliphatic rings. The minimum Gasteiger partial charge on any atom is -0.444 e. The molecule has 3 N–H and O–H groups in total. The van der Waals surface area contributed by atoms with Gasteiger partial charge in [-0.2, -0.15) is 0 Å². The second-order valence-corrected chi connectivity index (χ2v) is 7.84. The number of carbonyl (C=O) groups excluding carboxylic acids is 2. The van der Waals surface area contributed by atoms with Crippen molar-refractivity contribution in [2.24, 2.45) is 0 Å². The van der Waals surface area contributed by atoms with Crippen molar-refractivity contribution in [1.29, 1.82) is 0 Å². The van der Waals surface area contributed by atoms with Crippen LogP contribution < -0.4 is 10.6 Å². The van der Waals surface area contributed by atoms with Gasteiger partial charge in [0.15, 0.2) is 0 Å². The number of carbonyl (C=O) groups is 2. The van der Waals surface area contributed by atoms with Crippen molar-refractivity contribution in [1.82, 2.24) is 20.6 Å². The zero-order valence-electron chi connectivity index (χ0n) is 16.9. The molecule has 0 saturated heterocycles. The van der Waals surface area contributed by atoms with Gasteiger partial charge in [0.05, 0.1) is 0 Å². The van der Waals surface area contributed by atoms with Crippen LogP contribution in [0.2, 0.25) is 0 Å². The highest BCUT2D eigenvalue weighted by Gasteiger charge is 2.25. The lowest BCUT2D eigenvalue weighted by molar-refractivity contribution is -0.123. The van der Waals surface area contributed by atoms with Crippen molar-refractivity contribution in [3.8, 4) is 0 Å². The van der Waals surface area contributed by atoms with Crippen molar-refractivity contribution in [2.75, 3.05) is 0 Å². The van der Waals surface area contributed by atoms with Crippen LogP contribution in [-0.4, -0.2) is 33.6 Å². The largest absolute Gasteiger partial charge is 0.444 e. The number of pyridine rings is 1. The first-order valence-electron chi connectivity index (χ1n) is 9.53. The molecule has 0 spiro atoms. The lowest BCUT2D eigenvalue weighted by Gasteiger charge is -2.23. The molecule has 1 aromatic carbocycles. The molecule has 7 heteroatoms. The van der Waals surface area contributed by atoms with E-state index >= 15 is 0 Å². The highest BCUT2D eigenvalue weighted by atomic mass is 16.6. The molecule has 1 atom stereocenters. The van der Waals surface area contributed by atoms with Crippen LogP contribution in [0.15, 0.2) is 55.0 Å². The number of hydrogen-bond acceptors (Lipinski definition) is 4. The summed E-state index contributed by atoms with van der Waals surface area (Å²) in [7, 11) is 0. The van der Waals surface area contributed by atoms with Gasteiger partial charge < -0.3 is 20.4 Å². The first-order valence-corrected chi connectivity index (χ1v) is 9.53. The summed E-state index contributed by atoms with van der Waals surface area (Å²) in [6, 6.07) is 10.8. The molecule has 0 saturated carbocycles. The van der Waals surface area contributed by atoms with Crippen molar-refractivity contribution in [2.45, 2.75) is 45.4 Å². The predicted molar refractivity (Wildman–Crippen MR) is 111 cm³/mol. The highest BCUT2D eigenvalue weighted by Crippen LogP contribution is 2.19. The maximum Gasteiger partial charge on any atom is 0.408 e. The topological polar surface area (TPSA) is 96.1 Å². The van der Waals surface area contributed by atoms with Crippen molar-refractivity contribution >= 4 is 22.9 Å². The van der Waals surface area contributed by atoms with E-state index in [1.807, 2.05) is 42.6 Å². The molecule has 2 aromatic heterocycles. The van der Waals surface area contributed by atoms with Gasteiger partial charge in [0, 0.05) is 42.5 Å². The van der Waals surface area contributed by atoms with E-state index in [1.165, 1.54) is 0 Å². The summed E-state index contributed by atoms with van der Waals surface area (Å²) in [5.74, 6) is -0.287. The number of aromatic nitrogens is 2. The fourth-order valence-electron chi connectivity index (χ4n) is 2.99. The maximum absolute atomic E-state index is 12.9. The van der Waals surface area contributed by atoms with Gasteiger partial charge in [-0.3, -0.25) is 9.78 Å². The number of H-pyrrole nitrogens is 1. The Hall–Kier alpha value is -3.35. The number of nitrogens with zero attached hydrogens (tertiary/aromatic N) is 1. The molecule has 7 nitrogen and oxygen atoms in total. The molecule has 29 heavy (non-hydrogen) atoms. The van der Waals surface area contributed by atoms with Crippen molar-refractivity contribution in [3.63, 3.8) is 0 Å². The Kier molecular flexibility index (Phi) is 6.16. The number of para-hydroxylation sites is 1. The third-order valence-corrected chi connectivity index (χ3v) is 4.30. The fourth-order valence-corrected chi connectivity index (χ4v) is 2.99. The Morgan fingerprint density at radius 3 is 2.69 bits per heavy atom. The lowest BCUT2D eigenvalue weighted by atomic mass is 10.0. The van der Waals surface area contributed by atoms with Crippen LogP contribution in [0.4, 0.5) is 4.79 Å². The normalized spacial score (nSPS) is 12.4. The maximum atomic E-state index is 12.9. The highest BCUT2D eigenvalue weighted by molar-refractivity contribution is 5.88. The van der Waals surface area contributed by atoms with E-state index in [9.17, 15) is 9.59 Å². The van der Waals surface area contributed by atoms with Gasteiger partial charge in [-0.15, -0.1) is 0 Å². The lowest BCUT2D eigenvalue weighted by Crippen LogP contribution is -2.49. The Balaban J connectivity index is 1.75. The van der Waals surface area contributed by atoms with Gasteiger partial charge in [0.1, 0.15) is 11.6 Å². The van der Waals surface area contributed by atoms with Crippen LogP contribution in [0, 0.1) is 0 Å². The van der Waals surface area contributed by atoms with Gasteiger partial charge in [0.2, 0.25) is 5.91 Å². The average molecular weight is 394 g/mol. The van der Waals surface area contributed by atoms with Crippen LogP contribution in [0.25, 0.3) is 10.9 Å². The number of nitrogens with one attached hydrogen (secondary N) is 3. The number of aromatic amines is 1. The average Bonchev–Trinajstić information content (AvgIpc) is 3.08. The molecular formula is C22H26N4O3. The Labute approximate surface area is 169 Å². The molecule has 2 amide bonds. The summed E-state index contributed by atoms with van der Waals surface area (Å²) < 4.78 is 5.34. The Bertz CT molecular complexity index is 976. The minimum atomic E-state index is -0.777. The number of rotatable bonds is 6. The first kappa shape index (κ1) is 20.4. The molecule has 3 rings (SSSR count). The molecule has 0 radical (unpaired) electrons. The monoisotopic (exact) mass is 394 g/mol. The van der Waals surface area contributed by atoms with E-state index in [2.05, 4.69) is 20.6 Å². The van der Waals surface area contributed by atoms with Gasteiger partial charge in [-0.05, 0) is 44.0 Å². The number of hydrogen-bond donors (Lipinski definition) is 3. The molecule has 0 aliphatic carbocycles. The molecule has 0 bridgehead atoms. The van der Waals surface area contributed by atoms with Gasteiger partial charge in [0.25, 0.3) is 0 Å². The van der Waals surface area contributed by atoms with E-state index in [-0.39, 0.29) is 5.91 Å². The van der Waals surface area contributed by atoms with E-state index < -0.39 is 17.7 Å². The van der Waals surface area contributed by atoms with Crippen LogP contribution >= 0.6 is 0 Å². The molecular weight excluding hydrogens is 368 g/mol. The minimum absolute atomic E-state index is 0.287. The molecule has 0 fully saturated rings. The fraction of sp³-hybridized carbons (Fsp3) is 0.318. The Morgan fingerprint density at radius 1 is 1.17 bits per heavy atom. The number of benzene rings is 1. The number of fused-ring (bicyclic) bond motifs is 1. The van der Waals surface area contributed by atoms with E-state index in [0.717, 1.165) is 22.0 Å². The van der Waals surface area contributed by atoms with Crippen LogP contribution in [0.3, 0.4) is 0 Å². The summed E-state index contributed by atoms with van der Waals surface area (Å²) in [6.07, 6.45) is 4.94. The third kappa shape index (κ3) is 5.81. The van der Waals surface area contributed by atoms with Crippen LogP contribution in [0.5, 0.6) is 0 Å². The van der Waals surface area contributed by atoms with Crippen molar-refractivity contribution < 1.29 is 14.3 Å². The number of amides is 2. The van der Waals surface area contributed by atoms with Gasteiger partial charge in [-0.25, -0.2) is 4.79 Å². The van der Waals surface area contributed by atoms with E-state index in [1.54, 1.807) is 33.2 Å². The zero-order valence-corrected chi connectivity index (χ0v) is 16.9. The summed E-state index contributed by atoms with van der Waals surface area (Å²) in [6.45, 7) is 5.67. The Morgan fingerprint density at radius 2 is 1.97 bits per heavy atom. The second kappa shape index (κ2) is 8.77. The first-order chi connectivity index (χ1) is 13.8.